The van der Waals surface area contributed by atoms with Crippen molar-refractivity contribution < 1.29 is 0 Å². The van der Waals surface area contributed by atoms with Crippen LogP contribution in [0.2, 0.25) is 0 Å². The van der Waals surface area contributed by atoms with E-state index in [-0.39, 0.29) is 0 Å². The molecule has 0 aromatic rings. The Morgan fingerprint density at radius 1 is 0.500 bits per heavy atom. The van der Waals surface area contributed by atoms with E-state index in [4.69, 9.17) is 0 Å². The highest BCUT2D eigenvalue weighted by molar-refractivity contribution is 4.81. The highest BCUT2D eigenvalue weighted by Gasteiger charge is 2.30. The van der Waals surface area contributed by atoms with Crippen LogP contribution >= 0.6 is 0 Å². The zero-order valence-electron chi connectivity index (χ0n) is 12.8. The van der Waals surface area contributed by atoms with E-state index in [1.807, 2.05) is 0 Å². The molecule has 0 aromatic heterocycles. The van der Waals surface area contributed by atoms with Gasteiger partial charge in [0.05, 0.1) is 0 Å². The van der Waals surface area contributed by atoms with Gasteiger partial charge in [-0.15, -0.1) is 0 Å². The third kappa shape index (κ3) is 4.59. The Bertz CT molecular complexity index is 214. The van der Waals surface area contributed by atoms with Gasteiger partial charge < -0.3 is 0 Å². The molecule has 0 saturated heterocycles. The Kier molecular flexibility index (Phi) is 6.05. The molecule has 3 saturated carbocycles. The lowest BCUT2D eigenvalue weighted by Gasteiger charge is -2.38. The van der Waals surface area contributed by atoms with Gasteiger partial charge in [0.1, 0.15) is 0 Å². The summed E-state index contributed by atoms with van der Waals surface area (Å²) >= 11 is 0. The Labute approximate surface area is 115 Å². The van der Waals surface area contributed by atoms with E-state index in [2.05, 4.69) is 13.8 Å². The van der Waals surface area contributed by atoms with Crippen LogP contribution in [0, 0.1) is 23.7 Å². The van der Waals surface area contributed by atoms with Crippen LogP contribution in [0.1, 0.15) is 90.9 Å². The van der Waals surface area contributed by atoms with Gasteiger partial charge in [-0.25, -0.2) is 0 Å². The third-order valence-electron chi connectivity index (χ3n) is 5.70. The second kappa shape index (κ2) is 7.56. The van der Waals surface area contributed by atoms with Crippen molar-refractivity contribution in [3.05, 3.63) is 0 Å². The topological polar surface area (TPSA) is 0 Å². The van der Waals surface area contributed by atoms with Gasteiger partial charge in [-0.05, 0) is 36.5 Å². The van der Waals surface area contributed by atoms with Gasteiger partial charge >= 0.3 is 0 Å². The molecular formula is C18H34. The highest BCUT2D eigenvalue weighted by atomic mass is 14.4. The summed E-state index contributed by atoms with van der Waals surface area (Å²) in [5.41, 5.74) is 0. The first-order chi connectivity index (χ1) is 8.75. The lowest BCUT2D eigenvalue weighted by Crippen LogP contribution is -2.26. The molecule has 106 valence electrons. The van der Waals surface area contributed by atoms with Crippen molar-refractivity contribution in [3.63, 3.8) is 0 Å². The fraction of sp³-hybridized carbons (Fsp3) is 1.00. The third-order valence-corrected chi connectivity index (χ3v) is 5.70. The molecule has 18 heavy (non-hydrogen) atoms. The van der Waals surface area contributed by atoms with Crippen molar-refractivity contribution in [3.8, 4) is 0 Å². The standard InChI is InChI=1S/C11H20.C7H14/c1-9-6-7-10-4-2-3-5-11(10)8-9;1-7-5-3-2-4-6-7/h9-11H,2-8H2,1H3;7H,2-6H2,1H3. The molecule has 0 spiro atoms. The van der Waals surface area contributed by atoms with Gasteiger partial charge in [0.2, 0.25) is 0 Å². The largest absolute Gasteiger partial charge is 0.0625 e. The van der Waals surface area contributed by atoms with Crippen LogP contribution in [0.25, 0.3) is 0 Å². The van der Waals surface area contributed by atoms with Gasteiger partial charge in [0, 0.05) is 0 Å². The second-order valence-corrected chi connectivity index (χ2v) is 7.47. The molecule has 3 aliphatic carbocycles. The van der Waals surface area contributed by atoms with Crippen molar-refractivity contribution in [2.75, 3.05) is 0 Å². The lowest BCUT2D eigenvalue weighted by atomic mass is 9.68. The summed E-state index contributed by atoms with van der Waals surface area (Å²) in [6.45, 7) is 4.80. The zero-order chi connectivity index (χ0) is 12.8. The summed E-state index contributed by atoms with van der Waals surface area (Å²) in [6, 6.07) is 0. The SMILES string of the molecule is CC1CCC2CCCCC2C1.CC1CCCCC1. The van der Waals surface area contributed by atoms with Crippen molar-refractivity contribution in [1.82, 2.24) is 0 Å². The summed E-state index contributed by atoms with van der Waals surface area (Å²) in [5, 5.41) is 0. The lowest BCUT2D eigenvalue weighted by molar-refractivity contribution is 0.137. The first-order valence-corrected chi connectivity index (χ1v) is 8.75. The van der Waals surface area contributed by atoms with Gasteiger partial charge in [0.15, 0.2) is 0 Å². The van der Waals surface area contributed by atoms with E-state index in [0.717, 1.165) is 23.7 Å². The number of hydrogen-bond acceptors (Lipinski definition) is 0. The van der Waals surface area contributed by atoms with Crippen LogP contribution in [0.5, 0.6) is 0 Å². The fourth-order valence-corrected chi connectivity index (χ4v) is 4.41. The highest BCUT2D eigenvalue weighted by Crippen LogP contribution is 2.42. The molecule has 0 heteroatoms. The van der Waals surface area contributed by atoms with Crippen molar-refractivity contribution >= 4 is 0 Å². The minimum absolute atomic E-state index is 1.04. The van der Waals surface area contributed by atoms with Gasteiger partial charge in [-0.2, -0.15) is 0 Å². The molecular weight excluding hydrogens is 216 g/mol. The second-order valence-electron chi connectivity index (χ2n) is 7.47. The van der Waals surface area contributed by atoms with Crippen LogP contribution in [0.15, 0.2) is 0 Å². The van der Waals surface area contributed by atoms with Gasteiger partial charge in [-0.3, -0.25) is 0 Å². The summed E-state index contributed by atoms with van der Waals surface area (Å²) in [7, 11) is 0. The monoisotopic (exact) mass is 250 g/mol. The molecule has 3 atom stereocenters. The maximum absolute atomic E-state index is 2.44. The number of fused-ring (bicyclic) bond motifs is 1. The molecule has 0 nitrogen and oxygen atoms in total. The molecule has 0 aliphatic heterocycles. The van der Waals surface area contributed by atoms with Crippen molar-refractivity contribution in [1.29, 1.82) is 0 Å². The van der Waals surface area contributed by atoms with Gasteiger partial charge in [-0.1, -0.05) is 78.1 Å². The summed E-state index contributed by atoms with van der Waals surface area (Å²) < 4.78 is 0. The molecule has 0 radical (unpaired) electrons. The smallest absolute Gasteiger partial charge is 0.0383 e. The summed E-state index contributed by atoms with van der Waals surface area (Å²) in [4.78, 5) is 0. The van der Waals surface area contributed by atoms with Crippen LogP contribution in [0.4, 0.5) is 0 Å². The van der Waals surface area contributed by atoms with E-state index >= 15 is 0 Å². The molecule has 0 bridgehead atoms. The quantitative estimate of drug-likeness (QED) is 0.480. The van der Waals surface area contributed by atoms with E-state index in [0.29, 0.717) is 0 Å². The number of hydrogen-bond donors (Lipinski definition) is 0. The van der Waals surface area contributed by atoms with Crippen molar-refractivity contribution in [2.45, 2.75) is 90.9 Å². The summed E-state index contributed by atoms with van der Waals surface area (Å²) in [6.07, 6.45) is 18.2. The van der Waals surface area contributed by atoms with Crippen LogP contribution < -0.4 is 0 Å². The van der Waals surface area contributed by atoms with E-state index in [1.165, 1.54) is 51.4 Å². The molecule has 0 amide bonds. The maximum atomic E-state index is 2.44. The van der Waals surface area contributed by atoms with Crippen LogP contribution in [-0.2, 0) is 0 Å². The first-order valence-electron chi connectivity index (χ1n) is 8.75. The Balaban J connectivity index is 0.000000149. The average Bonchev–Trinajstić information content (AvgIpc) is 2.40. The number of rotatable bonds is 0. The van der Waals surface area contributed by atoms with Crippen molar-refractivity contribution in [2.24, 2.45) is 23.7 Å². The molecule has 0 heterocycles. The van der Waals surface area contributed by atoms with E-state index < -0.39 is 0 Å². The maximum Gasteiger partial charge on any atom is -0.0383 e. The van der Waals surface area contributed by atoms with Crippen LogP contribution in [-0.4, -0.2) is 0 Å². The predicted octanol–water partition coefficient (Wildman–Crippen LogP) is 6.20. The van der Waals surface area contributed by atoms with Crippen LogP contribution in [0.3, 0.4) is 0 Å². The molecule has 0 aromatic carbocycles. The molecule has 3 unspecified atom stereocenters. The molecule has 3 rings (SSSR count). The Morgan fingerprint density at radius 2 is 1.11 bits per heavy atom. The van der Waals surface area contributed by atoms with E-state index in [9.17, 15) is 0 Å². The molecule has 3 aliphatic rings. The fourth-order valence-electron chi connectivity index (χ4n) is 4.41. The molecule has 3 fully saturated rings. The Morgan fingerprint density at radius 3 is 1.72 bits per heavy atom. The molecule has 0 N–H and O–H groups in total. The first kappa shape index (κ1) is 14.4. The minimum Gasteiger partial charge on any atom is -0.0625 e. The predicted molar refractivity (Wildman–Crippen MR) is 80.7 cm³/mol. The summed E-state index contributed by atoms with van der Waals surface area (Å²) in [5.74, 6) is 4.34. The zero-order valence-corrected chi connectivity index (χ0v) is 12.8. The average molecular weight is 250 g/mol. The van der Waals surface area contributed by atoms with Gasteiger partial charge in [0.25, 0.3) is 0 Å². The minimum atomic E-state index is 1.04. The Hall–Kier alpha value is 0. The van der Waals surface area contributed by atoms with E-state index in [1.54, 1.807) is 25.7 Å². The normalized spacial score (nSPS) is 37.3.